The number of halogens is 1. The zero-order valence-corrected chi connectivity index (χ0v) is 16.5. The summed E-state index contributed by atoms with van der Waals surface area (Å²) in [5, 5.41) is 14.4. The van der Waals surface area contributed by atoms with Gasteiger partial charge in [-0.1, -0.05) is 18.2 Å². The number of carbonyl (C=O) groups is 1. The predicted molar refractivity (Wildman–Crippen MR) is 106 cm³/mol. The molecule has 30 heavy (non-hydrogen) atoms. The minimum atomic E-state index is -0.661. The molecule has 0 aliphatic carbocycles. The fraction of sp³-hybridized carbons (Fsp3) is 0.333. The van der Waals surface area contributed by atoms with Crippen LogP contribution in [0.5, 0.6) is 11.5 Å². The third-order valence-electron chi connectivity index (χ3n) is 4.88. The van der Waals surface area contributed by atoms with Crippen LogP contribution >= 0.6 is 0 Å². The Morgan fingerprint density at radius 1 is 1.13 bits per heavy atom. The first-order valence-electron chi connectivity index (χ1n) is 9.75. The van der Waals surface area contributed by atoms with Crippen LogP contribution in [0.2, 0.25) is 0 Å². The van der Waals surface area contributed by atoms with Gasteiger partial charge in [-0.2, -0.15) is 0 Å². The number of hydrogen-bond acceptors (Lipinski definition) is 6. The highest BCUT2D eigenvalue weighted by atomic mass is 19.1. The molecule has 3 aromatic rings. The Morgan fingerprint density at radius 2 is 1.87 bits per heavy atom. The molecule has 1 unspecified atom stereocenters. The normalized spacial score (nSPS) is 14.1. The number of hydrogen-bond donors (Lipinski definition) is 1. The van der Waals surface area contributed by atoms with Crippen molar-refractivity contribution in [2.75, 3.05) is 13.2 Å². The van der Waals surface area contributed by atoms with Crippen LogP contribution in [0.3, 0.4) is 0 Å². The molecular formula is C21H22FN5O3. The molecule has 0 radical (unpaired) electrons. The van der Waals surface area contributed by atoms with Gasteiger partial charge in [-0.25, -0.2) is 9.07 Å². The lowest BCUT2D eigenvalue weighted by Crippen LogP contribution is -2.34. The Balaban J connectivity index is 1.48. The van der Waals surface area contributed by atoms with Crippen molar-refractivity contribution in [3.8, 4) is 11.5 Å². The largest absolute Gasteiger partial charge is 0.490 e. The summed E-state index contributed by atoms with van der Waals surface area (Å²) in [4.78, 5) is 13.0. The van der Waals surface area contributed by atoms with E-state index in [1.807, 2.05) is 18.2 Å². The molecule has 8 nitrogen and oxygen atoms in total. The third-order valence-corrected chi connectivity index (χ3v) is 4.88. The smallest absolute Gasteiger partial charge is 0.245 e. The monoisotopic (exact) mass is 411 g/mol. The van der Waals surface area contributed by atoms with E-state index in [1.165, 1.54) is 16.8 Å². The zero-order chi connectivity index (χ0) is 20.9. The number of benzene rings is 2. The topological polar surface area (TPSA) is 91.2 Å². The van der Waals surface area contributed by atoms with E-state index in [0.717, 1.165) is 17.5 Å². The summed E-state index contributed by atoms with van der Waals surface area (Å²) in [5.41, 5.74) is 1.70. The van der Waals surface area contributed by atoms with Gasteiger partial charge in [0.2, 0.25) is 5.91 Å². The molecule has 1 amide bonds. The number of fused-ring (bicyclic) bond motifs is 1. The Labute approximate surface area is 173 Å². The highest BCUT2D eigenvalue weighted by Gasteiger charge is 2.24. The van der Waals surface area contributed by atoms with Crippen molar-refractivity contribution in [1.29, 1.82) is 0 Å². The highest BCUT2D eigenvalue weighted by molar-refractivity contribution is 5.80. The number of nitrogens with one attached hydrogen (secondary N) is 1. The number of rotatable bonds is 6. The Morgan fingerprint density at radius 3 is 2.60 bits per heavy atom. The number of nitrogens with zero attached hydrogens (tertiary/aromatic N) is 4. The lowest BCUT2D eigenvalue weighted by Gasteiger charge is -2.18. The van der Waals surface area contributed by atoms with E-state index in [1.54, 1.807) is 19.1 Å². The van der Waals surface area contributed by atoms with Crippen LogP contribution < -0.4 is 14.8 Å². The van der Waals surface area contributed by atoms with Gasteiger partial charge in [0.1, 0.15) is 17.7 Å². The van der Waals surface area contributed by atoms with Gasteiger partial charge in [0.05, 0.1) is 13.2 Å². The Kier molecular flexibility index (Phi) is 5.87. The molecule has 9 heteroatoms. The molecule has 156 valence electrons. The maximum atomic E-state index is 13.2. The van der Waals surface area contributed by atoms with Crippen molar-refractivity contribution in [3.05, 3.63) is 65.2 Å². The van der Waals surface area contributed by atoms with E-state index in [-0.39, 0.29) is 11.7 Å². The molecule has 1 aromatic heterocycles. The summed E-state index contributed by atoms with van der Waals surface area (Å²) in [6, 6.07) is 11.0. The number of aromatic nitrogens is 4. The molecule has 1 aliphatic rings. The summed E-state index contributed by atoms with van der Waals surface area (Å²) >= 11 is 0. The number of amides is 1. The van der Waals surface area contributed by atoms with Crippen molar-refractivity contribution in [1.82, 2.24) is 25.5 Å². The lowest BCUT2D eigenvalue weighted by atomic mass is 10.0. The van der Waals surface area contributed by atoms with Crippen molar-refractivity contribution in [3.63, 3.8) is 0 Å². The molecule has 0 bridgehead atoms. The van der Waals surface area contributed by atoms with Crippen molar-refractivity contribution >= 4 is 5.91 Å². The number of ether oxygens (including phenoxy) is 2. The lowest BCUT2D eigenvalue weighted by molar-refractivity contribution is -0.124. The number of carbonyl (C=O) groups excluding carboxylic acids is 1. The van der Waals surface area contributed by atoms with Crippen LogP contribution in [0.4, 0.5) is 4.39 Å². The van der Waals surface area contributed by atoms with E-state index in [9.17, 15) is 9.18 Å². The van der Waals surface area contributed by atoms with E-state index >= 15 is 0 Å². The zero-order valence-electron chi connectivity index (χ0n) is 16.5. The van der Waals surface area contributed by atoms with Crippen LogP contribution in [0.15, 0.2) is 42.5 Å². The van der Waals surface area contributed by atoms with E-state index < -0.39 is 6.04 Å². The van der Waals surface area contributed by atoms with Gasteiger partial charge < -0.3 is 14.8 Å². The summed E-state index contributed by atoms with van der Waals surface area (Å²) in [6.45, 7) is 3.27. The van der Waals surface area contributed by atoms with Gasteiger partial charge in [0, 0.05) is 19.4 Å². The minimum absolute atomic E-state index is 0.234. The summed E-state index contributed by atoms with van der Waals surface area (Å²) in [7, 11) is 0. The molecule has 0 saturated heterocycles. The van der Waals surface area contributed by atoms with Crippen LogP contribution in [0.1, 0.15) is 29.4 Å². The molecule has 0 spiro atoms. The van der Waals surface area contributed by atoms with Gasteiger partial charge in [-0.15, -0.1) is 5.10 Å². The molecule has 1 N–H and O–H groups in total. The molecule has 2 aromatic carbocycles. The second-order valence-corrected chi connectivity index (χ2v) is 7.07. The molecular weight excluding hydrogens is 389 g/mol. The molecule has 0 saturated carbocycles. The molecule has 0 fully saturated rings. The Bertz CT molecular complexity index is 1020. The maximum Gasteiger partial charge on any atom is 0.245 e. The SMILES string of the molecule is Cc1nnnn1C(Cc1ccc(F)cc1)C(=O)NCc1ccc2c(c1)OCCCO2. The second kappa shape index (κ2) is 8.89. The van der Waals surface area contributed by atoms with Gasteiger partial charge in [0.25, 0.3) is 0 Å². The van der Waals surface area contributed by atoms with Crippen LogP contribution in [-0.2, 0) is 17.8 Å². The van der Waals surface area contributed by atoms with Gasteiger partial charge >= 0.3 is 0 Å². The van der Waals surface area contributed by atoms with Crippen LogP contribution in [0, 0.1) is 12.7 Å². The first-order chi connectivity index (χ1) is 14.6. The maximum absolute atomic E-state index is 13.2. The van der Waals surface area contributed by atoms with Gasteiger partial charge in [-0.05, 0) is 52.7 Å². The standard InChI is InChI=1S/C21H22FN5O3/c1-14-24-25-26-27(14)18(11-15-3-6-17(22)7-4-15)21(28)23-13-16-5-8-19-20(12-16)30-10-2-9-29-19/h3-8,12,18H,2,9-11,13H2,1H3,(H,23,28). The number of tetrazole rings is 1. The summed E-state index contributed by atoms with van der Waals surface area (Å²) in [5.74, 6) is 1.35. The summed E-state index contributed by atoms with van der Waals surface area (Å²) < 4.78 is 26.1. The molecule has 1 atom stereocenters. The average molecular weight is 411 g/mol. The molecule has 2 heterocycles. The van der Waals surface area contributed by atoms with Gasteiger partial charge in [0.15, 0.2) is 11.5 Å². The van der Waals surface area contributed by atoms with E-state index in [4.69, 9.17) is 9.47 Å². The third kappa shape index (κ3) is 4.56. The van der Waals surface area contributed by atoms with Crippen molar-refractivity contribution in [2.24, 2.45) is 0 Å². The quantitative estimate of drug-likeness (QED) is 0.670. The fourth-order valence-corrected chi connectivity index (χ4v) is 3.28. The van der Waals surface area contributed by atoms with Gasteiger partial charge in [-0.3, -0.25) is 4.79 Å². The average Bonchev–Trinajstić information content (AvgIpc) is 3.03. The molecule has 4 rings (SSSR count). The van der Waals surface area contributed by atoms with Crippen LogP contribution in [0.25, 0.3) is 0 Å². The number of aryl methyl sites for hydroxylation is 1. The first-order valence-corrected chi connectivity index (χ1v) is 9.75. The fourth-order valence-electron chi connectivity index (χ4n) is 3.28. The van der Waals surface area contributed by atoms with Crippen molar-refractivity contribution in [2.45, 2.75) is 32.4 Å². The summed E-state index contributed by atoms with van der Waals surface area (Å²) in [6.07, 6.45) is 1.16. The second-order valence-electron chi connectivity index (χ2n) is 7.07. The Hall–Kier alpha value is -3.49. The first kappa shape index (κ1) is 19.8. The minimum Gasteiger partial charge on any atom is -0.490 e. The predicted octanol–water partition coefficient (Wildman–Crippen LogP) is 2.38. The van der Waals surface area contributed by atoms with E-state index in [2.05, 4.69) is 20.8 Å². The molecule has 1 aliphatic heterocycles. The van der Waals surface area contributed by atoms with Crippen LogP contribution in [-0.4, -0.2) is 39.3 Å². The van der Waals surface area contributed by atoms with E-state index in [0.29, 0.717) is 43.5 Å². The highest BCUT2D eigenvalue weighted by Crippen LogP contribution is 2.30. The van der Waals surface area contributed by atoms with Crippen molar-refractivity contribution < 1.29 is 18.7 Å².